The van der Waals surface area contributed by atoms with Crippen molar-refractivity contribution >= 4 is 25.7 Å². The fourth-order valence-electron chi connectivity index (χ4n) is 2.26. The Balaban J connectivity index is 2.08. The van der Waals surface area contributed by atoms with Crippen LogP contribution in [0.25, 0.3) is 0 Å². The van der Waals surface area contributed by atoms with Crippen LogP contribution in [0.4, 0.5) is 24.5 Å². The zero-order valence-corrected chi connectivity index (χ0v) is 16.4. The average Bonchev–Trinajstić information content (AvgIpc) is 2.58. The van der Waals surface area contributed by atoms with Gasteiger partial charge in [0.15, 0.2) is 8.32 Å². The molecule has 0 aliphatic rings. The highest BCUT2D eigenvalue weighted by molar-refractivity contribution is 6.69. The number of hydrogen-bond acceptors (Lipinski definition) is 4. The first-order valence-electron chi connectivity index (χ1n) is 8.41. The lowest BCUT2D eigenvalue weighted by atomic mass is 10.1. The minimum absolute atomic E-state index is 0.112. The largest absolute Gasteiger partial charge is 0.460 e. The number of ether oxygens (including phenoxy) is 1. The number of esters is 1. The van der Waals surface area contributed by atoms with Crippen molar-refractivity contribution in [1.82, 2.24) is 0 Å². The molecule has 0 aromatic heterocycles. The first-order valence-corrected chi connectivity index (χ1v) is 11.8. The number of para-hydroxylation sites is 1. The number of anilines is 2. The van der Waals surface area contributed by atoms with Gasteiger partial charge in [-0.05, 0) is 50.0 Å². The van der Waals surface area contributed by atoms with Crippen LogP contribution in [0, 0.1) is 0 Å². The molecule has 1 N–H and O–H groups in total. The third-order valence-corrected chi connectivity index (χ3v) is 4.54. The molecular weight excluding hydrogens is 375 g/mol. The molecule has 4 nitrogen and oxygen atoms in total. The summed E-state index contributed by atoms with van der Waals surface area (Å²) >= 11 is 0. The van der Waals surface area contributed by atoms with Crippen molar-refractivity contribution in [2.24, 2.45) is 0 Å². The Morgan fingerprint density at radius 1 is 1.04 bits per heavy atom. The van der Waals surface area contributed by atoms with Gasteiger partial charge in [0.1, 0.15) is 6.61 Å². The maximum Gasteiger partial charge on any atom is 0.416 e. The van der Waals surface area contributed by atoms with E-state index in [1.54, 1.807) is 24.3 Å². The number of hydrogen-bond donors (Lipinski definition) is 1. The van der Waals surface area contributed by atoms with Gasteiger partial charge in [-0.25, -0.2) is 4.79 Å². The Bertz CT molecular complexity index is 788. The van der Waals surface area contributed by atoms with E-state index in [1.807, 2.05) is 19.6 Å². The van der Waals surface area contributed by atoms with Crippen LogP contribution in [0.15, 0.2) is 48.5 Å². The molecule has 0 radical (unpaired) electrons. The summed E-state index contributed by atoms with van der Waals surface area (Å²) in [5.74, 6) is -0.566. The summed E-state index contributed by atoms with van der Waals surface area (Å²) in [4.78, 5) is 12.3. The molecule has 0 atom stereocenters. The molecule has 0 bridgehead atoms. The van der Waals surface area contributed by atoms with Gasteiger partial charge in [-0.2, -0.15) is 13.2 Å². The maximum absolute atomic E-state index is 12.9. The Morgan fingerprint density at radius 3 is 2.41 bits per heavy atom. The first-order chi connectivity index (χ1) is 12.6. The fraction of sp³-hybridized carbons (Fsp3) is 0.316. The van der Waals surface area contributed by atoms with Crippen molar-refractivity contribution < 1.29 is 27.1 Å². The molecule has 2 aromatic carbocycles. The highest BCUT2D eigenvalue weighted by atomic mass is 28.4. The molecule has 0 spiro atoms. The molecule has 2 aromatic rings. The molecule has 146 valence electrons. The molecule has 0 aliphatic carbocycles. The van der Waals surface area contributed by atoms with E-state index in [-0.39, 0.29) is 17.9 Å². The van der Waals surface area contributed by atoms with E-state index in [2.05, 4.69) is 5.32 Å². The second-order valence-electron chi connectivity index (χ2n) is 6.85. The predicted molar refractivity (Wildman–Crippen MR) is 101 cm³/mol. The van der Waals surface area contributed by atoms with Crippen LogP contribution < -0.4 is 5.32 Å². The Morgan fingerprint density at radius 2 is 1.74 bits per heavy atom. The topological polar surface area (TPSA) is 47.6 Å². The molecular formula is C19H22F3NO3Si. The minimum Gasteiger partial charge on any atom is -0.460 e. The fourth-order valence-corrected chi connectivity index (χ4v) is 2.95. The zero-order chi connectivity index (χ0) is 20.1. The van der Waals surface area contributed by atoms with Gasteiger partial charge in [-0.15, -0.1) is 0 Å². The van der Waals surface area contributed by atoms with Crippen LogP contribution in [0.1, 0.15) is 15.9 Å². The van der Waals surface area contributed by atoms with Crippen molar-refractivity contribution in [2.45, 2.75) is 25.8 Å². The third kappa shape index (κ3) is 6.72. The maximum atomic E-state index is 12.9. The van der Waals surface area contributed by atoms with E-state index in [4.69, 9.17) is 9.16 Å². The summed E-state index contributed by atoms with van der Waals surface area (Å²) < 4.78 is 49.4. The van der Waals surface area contributed by atoms with Crippen molar-refractivity contribution in [1.29, 1.82) is 0 Å². The van der Waals surface area contributed by atoms with Gasteiger partial charge < -0.3 is 14.5 Å². The summed E-state index contributed by atoms with van der Waals surface area (Å²) in [6.07, 6.45) is -4.44. The predicted octanol–water partition coefficient (Wildman–Crippen LogP) is 5.46. The van der Waals surface area contributed by atoms with Crippen molar-refractivity contribution in [3.63, 3.8) is 0 Å². The third-order valence-electron chi connectivity index (χ3n) is 3.47. The van der Waals surface area contributed by atoms with Gasteiger partial charge in [-0.1, -0.05) is 18.2 Å². The van der Waals surface area contributed by atoms with E-state index < -0.39 is 26.0 Å². The van der Waals surface area contributed by atoms with Crippen LogP contribution in [0.5, 0.6) is 0 Å². The molecule has 0 heterocycles. The highest BCUT2D eigenvalue weighted by Gasteiger charge is 2.30. The smallest absolute Gasteiger partial charge is 0.416 e. The monoisotopic (exact) mass is 397 g/mol. The number of nitrogens with one attached hydrogen (secondary N) is 1. The molecule has 0 fully saturated rings. The van der Waals surface area contributed by atoms with Crippen molar-refractivity contribution in [2.75, 3.05) is 18.5 Å². The average molecular weight is 397 g/mol. The molecule has 2 rings (SSSR count). The second-order valence-corrected chi connectivity index (χ2v) is 11.4. The summed E-state index contributed by atoms with van der Waals surface area (Å²) in [6, 6.07) is 11.3. The van der Waals surface area contributed by atoms with E-state index in [9.17, 15) is 18.0 Å². The van der Waals surface area contributed by atoms with Gasteiger partial charge >= 0.3 is 12.1 Å². The molecule has 8 heteroatoms. The summed E-state index contributed by atoms with van der Waals surface area (Å²) in [7, 11) is -1.69. The molecule has 0 saturated heterocycles. The summed E-state index contributed by atoms with van der Waals surface area (Å²) in [6.45, 7) is 6.51. The summed E-state index contributed by atoms with van der Waals surface area (Å²) in [5, 5.41) is 2.86. The van der Waals surface area contributed by atoms with E-state index in [1.165, 1.54) is 12.1 Å². The molecule has 0 aliphatic heterocycles. The Labute approximate surface area is 157 Å². The van der Waals surface area contributed by atoms with Crippen LogP contribution >= 0.6 is 0 Å². The van der Waals surface area contributed by atoms with Crippen LogP contribution in [-0.4, -0.2) is 27.5 Å². The standard InChI is InChI=1S/C19H22F3NO3Si/c1-27(2,3)26-12-11-25-18(24)16-9-4-5-10-17(16)23-15-8-6-7-14(13-15)19(20,21)22/h4-10,13,23H,11-12H2,1-3H3. The van der Waals surface area contributed by atoms with Gasteiger partial charge in [0, 0.05) is 5.69 Å². The van der Waals surface area contributed by atoms with Crippen molar-refractivity contribution in [3.05, 3.63) is 59.7 Å². The lowest BCUT2D eigenvalue weighted by molar-refractivity contribution is -0.137. The number of carbonyl (C=O) groups is 1. The van der Waals surface area contributed by atoms with Gasteiger partial charge in [0.25, 0.3) is 0 Å². The highest BCUT2D eigenvalue weighted by Crippen LogP contribution is 2.32. The Kier molecular flexibility index (Phi) is 6.67. The van der Waals surface area contributed by atoms with Crippen LogP contribution in [0.3, 0.4) is 0 Å². The van der Waals surface area contributed by atoms with E-state index >= 15 is 0 Å². The minimum atomic E-state index is -4.44. The normalized spacial score (nSPS) is 11.9. The number of carbonyl (C=O) groups excluding carboxylic acids is 1. The molecule has 0 unspecified atom stereocenters. The number of halogens is 3. The molecule has 27 heavy (non-hydrogen) atoms. The van der Waals surface area contributed by atoms with Crippen LogP contribution in [-0.2, 0) is 15.3 Å². The first kappa shape index (κ1) is 21.0. The zero-order valence-electron chi connectivity index (χ0n) is 15.4. The summed E-state index contributed by atoms with van der Waals surface area (Å²) in [5.41, 5.74) is 0.0686. The number of benzene rings is 2. The van der Waals surface area contributed by atoms with Gasteiger partial charge in [-0.3, -0.25) is 0 Å². The van der Waals surface area contributed by atoms with E-state index in [0.717, 1.165) is 12.1 Å². The second kappa shape index (κ2) is 8.58. The lowest BCUT2D eigenvalue weighted by Crippen LogP contribution is -2.27. The quantitative estimate of drug-likeness (QED) is 0.383. The van der Waals surface area contributed by atoms with Gasteiger partial charge in [0.05, 0.1) is 23.4 Å². The van der Waals surface area contributed by atoms with Crippen molar-refractivity contribution in [3.8, 4) is 0 Å². The van der Waals surface area contributed by atoms with Crippen LogP contribution in [0.2, 0.25) is 19.6 Å². The number of alkyl halides is 3. The van der Waals surface area contributed by atoms with E-state index in [0.29, 0.717) is 12.3 Å². The SMILES string of the molecule is C[Si](C)(C)OCCOC(=O)c1ccccc1Nc1cccc(C(F)(F)F)c1. The molecule has 0 amide bonds. The van der Waals surface area contributed by atoms with Gasteiger partial charge in [0.2, 0.25) is 0 Å². The molecule has 0 saturated carbocycles. The number of rotatable bonds is 7. The lowest BCUT2D eigenvalue weighted by Gasteiger charge is -2.17. The Hall–Kier alpha value is -2.32.